The third-order valence-electron chi connectivity index (χ3n) is 3.20. The molecule has 1 aromatic heterocycles. The fourth-order valence-electron chi connectivity index (χ4n) is 2.25. The first-order chi connectivity index (χ1) is 9.19. The lowest BCUT2D eigenvalue weighted by molar-refractivity contribution is 1.42. The third kappa shape index (κ3) is 2.05. The van der Waals surface area contributed by atoms with Gasteiger partial charge in [-0.05, 0) is 36.8 Å². The summed E-state index contributed by atoms with van der Waals surface area (Å²) in [6.45, 7) is 2.03. The van der Waals surface area contributed by atoms with Crippen molar-refractivity contribution in [3.8, 4) is 17.3 Å². The van der Waals surface area contributed by atoms with Crippen molar-refractivity contribution in [1.29, 1.82) is 5.26 Å². The molecule has 0 radical (unpaired) electrons. The van der Waals surface area contributed by atoms with Crippen LogP contribution in [0.3, 0.4) is 0 Å². The first-order valence-electron chi connectivity index (χ1n) is 5.97. The lowest BCUT2D eigenvalue weighted by atomic mass is 10.1. The molecule has 0 saturated carbocycles. The molecule has 0 saturated heterocycles. The predicted octanol–water partition coefficient (Wildman–Crippen LogP) is 4.78. The summed E-state index contributed by atoms with van der Waals surface area (Å²) in [5, 5.41) is 10.4. The maximum absolute atomic E-state index is 9.43. The van der Waals surface area contributed by atoms with Crippen molar-refractivity contribution in [1.82, 2.24) is 4.98 Å². The van der Waals surface area contributed by atoms with Crippen LogP contribution in [0.1, 0.15) is 11.1 Å². The Bertz CT molecular complexity index is 792. The van der Waals surface area contributed by atoms with Gasteiger partial charge in [-0.1, -0.05) is 39.7 Å². The Kier molecular flexibility index (Phi) is 2.88. The molecule has 3 heteroatoms. The standard InChI is InChI=1S/C16H11BrN2/c1-10-2-7-15-13(8-10)14(9-18)16(19-15)11-3-5-12(17)6-4-11/h2-8,19H,1H3. The molecule has 92 valence electrons. The van der Waals surface area contributed by atoms with E-state index in [0.29, 0.717) is 5.56 Å². The van der Waals surface area contributed by atoms with Gasteiger partial charge in [0, 0.05) is 15.4 Å². The first kappa shape index (κ1) is 12.0. The fourth-order valence-corrected chi connectivity index (χ4v) is 2.52. The monoisotopic (exact) mass is 310 g/mol. The molecule has 0 aliphatic rings. The SMILES string of the molecule is Cc1ccc2[nH]c(-c3ccc(Br)cc3)c(C#N)c2c1. The molecule has 2 aromatic carbocycles. The zero-order valence-electron chi connectivity index (χ0n) is 10.4. The highest BCUT2D eigenvalue weighted by molar-refractivity contribution is 9.10. The van der Waals surface area contributed by atoms with E-state index in [-0.39, 0.29) is 0 Å². The molecule has 0 amide bonds. The third-order valence-corrected chi connectivity index (χ3v) is 3.73. The van der Waals surface area contributed by atoms with E-state index >= 15 is 0 Å². The van der Waals surface area contributed by atoms with Gasteiger partial charge in [0.25, 0.3) is 0 Å². The lowest BCUT2D eigenvalue weighted by Gasteiger charge is -1.99. The number of nitrogens with one attached hydrogen (secondary N) is 1. The molecule has 0 atom stereocenters. The maximum atomic E-state index is 9.43. The highest BCUT2D eigenvalue weighted by Gasteiger charge is 2.12. The van der Waals surface area contributed by atoms with Crippen LogP contribution < -0.4 is 0 Å². The minimum absolute atomic E-state index is 0.709. The summed E-state index contributed by atoms with van der Waals surface area (Å²) < 4.78 is 1.03. The van der Waals surface area contributed by atoms with Gasteiger partial charge in [-0.25, -0.2) is 0 Å². The van der Waals surface area contributed by atoms with Crippen LogP contribution in [0.15, 0.2) is 46.9 Å². The van der Waals surface area contributed by atoms with E-state index in [1.165, 1.54) is 0 Å². The van der Waals surface area contributed by atoms with Crippen molar-refractivity contribution in [2.45, 2.75) is 6.92 Å². The quantitative estimate of drug-likeness (QED) is 0.690. The zero-order valence-corrected chi connectivity index (χ0v) is 12.0. The molecule has 0 aliphatic heterocycles. The minimum atomic E-state index is 0.709. The average Bonchev–Trinajstić information content (AvgIpc) is 2.77. The maximum Gasteiger partial charge on any atom is 0.102 e. The molecule has 19 heavy (non-hydrogen) atoms. The van der Waals surface area contributed by atoms with E-state index in [9.17, 15) is 5.26 Å². The molecule has 1 heterocycles. The Labute approximate surface area is 119 Å². The number of nitrogens with zero attached hydrogens (tertiary/aromatic N) is 1. The van der Waals surface area contributed by atoms with Gasteiger partial charge in [0.1, 0.15) is 6.07 Å². The van der Waals surface area contributed by atoms with Crippen molar-refractivity contribution in [3.63, 3.8) is 0 Å². The van der Waals surface area contributed by atoms with Crippen LogP contribution in [0.4, 0.5) is 0 Å². The van der Waals surface area contributed by atoms with E-state index in [0.717, 1.165) is 32.2 Å². The van der Waals surface area contributed by atoms with Crippen LogP contribution >= 0.6 is 15.9 Å². The summed E-state index contributed by atoms with van der Waals surface area (Å²) >= 11 is 3.42. The molecule has 0 unspecified atom stereocenters. The summed E-state index contributed by atoms with van der Waals surface area (Å²) in [6, 6.07) is 16.4. The van der Waals surface area contributed by atoms with E-state index in [1.807, 2.05) is 49.4 Å². The number of hydrogen-bond acceptors (Lipinski definition) is 1. The molecule has 0 spiro atoms. The Morgan fingerprint density at radius 2 is 1.84 bits per heavy atom. The van der Waals surface area contributed by atoms with E-state index in [1.54, 1.807) is 0 Å². The Balaban J connectivity index is 2.29. The summed E-state index contributed by atoms with van der Waals surface area (Å²) in [5.74, 6) is 0. The number of fused-ring (bicyclic) bond motifs is 1. The second-order valence-electron chi connectivity index (χ2n) is 4.54. The fraction of sp³-hybridized carbons (Fsp3) is 0.0625. The van der Waals surface area contributed by atoms with Gasteiger partial charge in [-0.2, -0.15) is 5.26 Å². The number of aromatic nitrogens is 1. The van der Waals surface area contributed by atoms with Gasteiger partial charge >= 0.3 is 0 Å². The number of aromatic amines is 1. The molecule has 0 fully saturated rings. The van der Waals surface area contributed by atoms with Crippen LogP contribution in [0.25, 0.3) is 22.2 Å². The van der Waals surface area contributed by atoms with Crippen LogP contribution in [-0.2, 0) is 0 Å². The molecular formula is C16H11BrN2. The molecule has 2 nitrogen and oxygen atoms in total. The summed E-state index contributed by atoms with van der Waals surface area (Å²) in [7, 11) is 0. The molecule has 0 bridgehead atoms. The van der Waals surface area contributed by atoms with Crippen molar-refractivity contribution in [3.05, 3.63) is 58.1 Å². The summed E-state index contributed by atoms with van der Waals surface area (Å²) in [4.78, 5) is 3.34. The normalized spacial score (nSPS) is 10.6. The van der Waals surface area contributed by atoms with E-state index in [4.69, 9.17) is 0 Å². The molecule has 3 aromatic rings. The number of rotatable bonds is 1. The zero-order chi connectivity index (χ0) is 13.4. The predicted molar refractivity (Wildman–Crippen MR) is 80.9 cm³/mol. The van der Waals surface area contributed by atoms with Gasteiger partial charge < -0.3 is 4.98 Å². The van der Waals surface area contributed by atoms with Crippen molar-refractivity contribution in [2.75, 3.05) is 0 Å². The van der Waals surface area contributed by atoms with Crippen LogP contribution in [0, 0.1) is 18.3 Å². The van der Waals surface area contributed by atoms with Gasteiger partial charge in [-0.3, -0.25) is 0 Å². The number of benzene rings is 2. The largest absolute Gasteiger partial charge is 0.353 e. The second-order valence-corrected chi connectivity index (χ2v) is 5.46. The minimum Gasteiger partial charge on any atom is -0.353 e. The smallest absolute Gasteiger partial charge is 0.102 e. The van der Waals surface area contributed by atoms with Gasteiger partial charge in [0.15, 0.2) is 0 Å². The van der Waals surface area contributed by atoms with Gasteiger partial charge in [0.05, 0.1) is 11.3 Å². The van der Waals surface area contributed by atoms with Crippen molar-refractivity contribution < 1.29 is 0 Å². The number of nitriles is 1. The Morgan fingerprint density at radius 3 is 2.53 bits per heavy atom. The number of hydrogen-bond donors (Lipinski definition) is 1. The van der Waals surface area contributed by atoms with Crippen LogP contribution in [0.5, 0.6) is 0 Å². The summed E-state index contributed by atoms with van der Waals surface area (Å²) in [5.41, 5.74) is 4.77. The number of halogens is 1. The van der Waals surface area contributed by atoms with Crippen molar-refractivity contribution in [2.24, 2.45) is 0 Å². The average molecular weight is 311 g/mol. The second kappa shape index (κ2) is 4.56. The lowest BCUT2D eigenvalue weighted by Crippen LogP contribution is -1.81. The molecular weight excluding hydrogens is 300 g/mol. The summed E-state index contributed by atoms with van der Waals surface area (Å²) in [6.07, 6.45) is 0. The van der Waals surface area contributed by atoms with Gasteiger partial charge in [0.2, 0.25) is 0 Å². The highest BCUT2D eigenvalue weighted by Crippen LogP contribution is 2.30. The highest BCUT2D eigenvalue weighted by atomic mass is 79.9. The topological polar surface area (TPSA) is 39.6 Å². The Morgan fingerprint density at radius 1 is 1.11 bits per heavy atom. The molecule has 3 rings (SSSR count). The number of aryl methyl sites for hydroxylation is 1. The first-order valence-corrected chi connectivity index (χ1v) is 6.76. The van der Waals surface area contributed by atoms with Crippen LogP contribution in [-0.4, -0.2) is 4.98 Å². The van der Waals surface area contributed by atoms with Crippen LogP contribution in [0.2, 0.25) is 0 Å². The van der Waals surface area contributed by atoms with Gasteiger partial charge in [-0.15, -0.1) is 0 Å². The van der Waals surface area contributed by atoms with Crippen molar-refractivity contribution >= 4 is 26.8 Å². The van der Waals surface area contributed by atoms with E-state index < -0.39 is 0 Å². The van der Waals surface area contributed by atoms with E-state index in [2.05, 4.69) is 27.0 Å². The molecule has 0 aliphatic carbocycles. The number of H-pyrrole nitrogens is 1. The Hall–Kier alpha value is -2.05. The molecule has 1 N–H and O–H groups in total.